The molecule has 1 unspecified atom stereocenters. The number of benzene rings is 1. The van der Waals surface area contributed by atoms with E-state index in [9.17, 15) is 0 Å². The molecular weight excluding hydrogens is 246 g/mol. The fraction of sp³-hybridized carbons (Fsp3) is 0.600. The molecule has 0 saturated carbocycles. The first-order valence-electron chi connectivity index (χ1n) is 6.80. The van der Waals surface area contributed by atoms with Crippen molar-refractivity contribution in [2.45, 2.75) is 32.1 Å². The highest BCUT2D eigenvalue weighted by Crippen LogP contribution is 2.17. The van der Waals surface area contributed by atoms with E-state index in [0.29, 0.717) is 12.5 Å². The smallest absolute Gasteiger partial charge is 0.119 e. The van der Waals surface area contributed by atoms with Crippen molar-refractivity contribution >= 4 is 11.6 Å². The van der Waals surface area contributed by atoms with Gasteiger partial charge in [-0.1, -0.05) is 44.9 Å². The summed E-state index contributed by atoms with van der Waals surface area (Å²) < 4.78 is 5.60. The summed E-state index contributed by atoms with van der Waals surface area (Å²) >= 11 is 6.34. The third kappa shape index (κ3) is 5.74. The van der Waals surface area contributed by atoms with E-state index in [1.807, 2.05) is 30.3 Å². The zero-order valence-electron chi connectivity index (χ0n) is 11.4. The van der Waals surface area contributed by atoms with Gasteiger partial charge in [0.1, 0.15) is 12.4 Å². The average Bonchev–Trinajstić information content (AvgIpc) is 2.41. The van der Waals surface area contributed by atoms with Crippen LogP contribution in [0.25, 0.3) is 0 Å². The lowest BCUT2D eigenvalue weighted by molar-refractivity contribution is 0.311. The van der Waals surface area contributed by atoms with Crippen LogP contribution in [-0.4, -0.2) is 25.1 Å². The van der Waals surface area contributed by atoms with Gasteiger partial charge in [0.25, 0.3) is 0 Å². The SMILES string of the molecule is CCC(CC)C(Cl)CNCCOc1ccccc1. The standard InChI is InChI=1S/C15H24ClNO/c1-3-13(4-2)15(16)12-17-10-11-18-14-8-6-5-7-9-14/h5-9,13,15,17H,3-4,10-12H2,1-2H3. The topological polar surface area (TPSA) is 21.3 Å². The number of halogens is 1. The molecular formula is C15H24ClNO. The van der Waals surface area contributed by atoms with Crippen LogP contribution in [0, 0.1) is 5.92 Å². The molecule has 0 saturated heterocycles. The van der Waals surface area contributed by atoms with Crippen molar-refractivity contribution in [3.05, 3.63) is 30.3 Å². The molecule has 102 valence electrons. The molecule has 0 spiro atoms. The molecule has 0 radical (unpaired) electrons. The summed E-state index contributed by atoms with van der Waals surface area (Å²) in [6.07, 6.45) is 2.29. The second-order valence-corrected chi connectivity index (χ2v) is 5.02. The second kappa shape index (κ2) is 9.23. The molecule has 1 rings (SSSR count). The van der Waals surface area contributed by atoms with Gasteiger partial charge in [-0.2, -0.15) is 0 Å². The first-order valence-corrected chi connectivity index (χ1v) is 7.24. The Labute approximate surface area is 116 Å². The molecule has 1 aromatic rings. The summed E-state index contributed by atoms with van der Waals surface area (Å²) in [5.74, 6) is 1.52. The Morgan fingerprint density at radius 2 is 1.83 bits per heavy atom. The summed E-state index contributed by atoms with van der Waals surface area (Å²) in [4.78, 5) is 0. The molecule has 0 aromatic heterocycles. The number of rotatable bonds is 9. The molecule has 0 heterocycles. The van der Waals surface area contributed by atoms with Crippen LogP contribution in [0.4, 0.5) is 0 Å². The van der Waals surface area contributed by atoms with Gasteiger partial charge in [0.05, 0.1) is 0 Å². The number of para-hydroxylation sites is 1. The lowest BCUT2D eigenvalue weighted by atomic mass is 9.99. The quantitative estimate of drug-likeness (QED) is 0.545. The van der Waals surface area contributed by atoms with Crippen molar-refractivity contribution in [3.8, 4) is 5.75 Å². The zero-order valence-corrected chi connectivity index (χ0v) is 12.1. The monoisotopic (exact) mass is 269 g/mol. The van der Waals surface area contributed by atoms with Crippen LogP contribution in [0.1, 0.15) is 26.7 Å². The zero-order chi connectivity index (χ0) is 13.2. The first-order chi connectivity index (χ1) is 8.77. The third-order valence-electron chi connectivity index (χ3n) is 3.19. The van der Waals surface area contributed by atoms with E-state index in [2.05, 4.69) is 19.2 Å². The van der Waals surface area contributed by atoms with Crippen molar-refractivity contribution in [2.75, 3.05) is 19.7 Å². The molecule has 18 heavy (non-hydrogen) atoms. The van der Waals surface area contributed by atoms with E-state index >= 15 is 0 Å². The van der Waals surface area contributed by atoms with Crippen molar-refractivity contribution in [3.63, 3.8) is 0 Å². The fourth-order valence-electron chi connectivity index (χ4n) is 1.96. The summed E-state index contributed by atoms with van der Waals surface area (Å²) in [6, 6.07) is 9.87. The van der Waals surface area contributed by atoms with Gasteiger partial charge in [0.2, 0.25) is 0 Å². The van der Waals surface area contributed by atoms with Crippen LogP contribution in [0.3, 0.4) is 0 Å². The molecule has 0 fully saturated rings. The van der Waals surface area contributed by atoms with Crippen molar-refractivity contribution < 1.29 is 4.74 Å². The predicted octanol–water partition coefficient (Wildman–Crippen LogP) is 3.70. The number of ether oxygens (including phenoxy) is 1. The molecule has 2 nitrogen and oxygen atoms in total. The van der Waals surface area contributed by atoms with Gasteiger partial charge in [0, 0.05) is 18.5 Å². The lowest BCUT2D eigenvalue weighted by Gasteiger charge is -2.19. The molecule has 1 N–H and O–H groups in total. The van der Waals surface area contributed by atoms with Gasteiger partial charge < -0.3 is 10.1 Å². The Morgan fingerprint density at radius 3 is 2.44 bits per heavy atom. The molecule has 3 heteroatoms. The van der Waals surface area contributed by atoms with Gasteiger partial charge in [-0.05, 0) is 18.1 Å². The average molecular weight is 270 g/mol. The normalized spacial score (nSPS) is 12.7. The number of hydrogen-bond acceptors (Lipinski definition) is 2. The van der Waals surface area contributed by atoms with E-state index in [-0.39, 0.29) is 5.38 Å². The third-order valence-corrected chi connectivity index (χ3v) is 3.70. The summed E-state index contributed by atoms with van der Waals surface area (Å²) in [6.45, 7) is 6.75. The number of hydrogen-bond donors (Lipinski definition) is 1. The molecule has 0 aliphatic carbocycles. The highest BCUT2D eigenvalue weighted by molar-refractivity contribution is 6.21. The van der Waals surface area contributed by atoms with E-state index in [4.69, 9.17) is 16.3 Å². The Bertz CT molecular complexity index is 301. The Morgan fingerprint density at radius 1 is 1.17 bits per heavy atom. The van der Waals surface area contributed by atoms with Crippen LogP contribution < -0.4 is 10.1 Å². The summed E-state index contributed by atoms with van der Waals surface area (Å²) in [7, 11) is 0. The minimum absolute atomic E-state index is 0.219. The van der Waals surface area contributed by atoms with Crippen LogP contribution in [-0.2, 0) is 0 Å². The molecule has 0 bridgehead atoms. The van der Waals surface area contributed by atoms with Crippen LogP contribution in [0.2, 0.25) is 0 Å². The van der Waals surface area contributed by atoms with Crippen molar-refractivity contribution in [1.29, 1.82) is 0 Å². The maximum absolute atomic E-state index is 6.34. The lowest BCUT2D eigenvalue weighted by Crippen LogP contribution is -2.31. The Balaban J connectivity index is 2.08. The van der Waals surface area contributed by atoms with Gasteiger partial charge in [0.15, 0.2) is 0 Å². The van der Waals surface area contributed by atoms with Crippen LogP contribution >= 0.6 is 11.6 Å². The van der Waals surface area contributed by atoms with Gasteiger partial charge in [-0.25, -0.2) is 0 Å². The van der Waals surface area contributed by atoms with Crippen molar-refractivity contribution in [1.82, 2.24) is 5.32 Å². The maximum atomic E-state index is 6.34. The molecule has 0 aliphatic rings. The molecule has 1 atom stereocenters. The highest BCUT2D eigenvalue weighted by Gasteiger charge is 2.14. The van der Waals surface area contributed by atoms with Gasteiger partial charge in [-0.3, -0.25) is 0 Å². The van der Waals surface area contributed by atoms with Crippen molar-refractivity contribution in [2.24, 2.45) is 5.92 Å². The van der Waals surface area contributed by atoms with E-state index in [1.54, 1.807) is 0 Å². The van der Waals surface area contributed by atoms with E-state index < -0.39 is 0 Å². The summed E-state index contributed by atoms with van der Waals surface area (Å²) in [5.41, 5.74) is 0. The molecule has 0 aliphatic heterocycles. The first kappa shape index (κ1) is 15.3. The van der Waals surface area contributed by atoms with Crippen LogP contribution in [0.15, 0.2) is 30.3 Å². The highest BCUT2D eigenvalue weighted by atomic mass is 35.5. The van der Waals surface area contributed by atoms with Gasteiger partial charge >= 0.3 is 0 Å². The largest absolute Gasteiger partial charge is 0.492 e. The molecule has 0 amide bonds. The van der Waals surface area contributed by atoms with Crippen LogP contribution in [0.5, 0.6) is 5.75 Å². The Hall–Kier alpha value is -0.730. The molecule has 1 aromatic carbocycles. The maximum Gasteiger partial charge on any atom is 0.119 e. The number of nitrogens with one attached hydrogen (secondary N) is 1. The van der Waals surface area contributed by atoms with E-state index in [1.165, 1.54) is 0 Å². The minimum atomic E-state index is 0.219. The Kier molecular flexibility index (Phi) is 7.86. The number of alkyl halides is 1. The second-order valence-electron chi connectivity index (χ2n) is 4.46. The minimum Gasteiger partial charge on any atom is -0.492 e. The van der Waals surface area contributed by atoms with E-state index in [0.717, 1.165) is 31.7 Å². The fourth-order valence-corrected chi connectivity index (χ4v) is 2.43. The summed E-state index contributed by atoms with van der Waals surface area (Å²) in [5, 5.41) is 3.57. The van der Waals surface area contributed by atoms with Gasteiger partial charge in [-0.15, -0.1) is 11.6 Å². The predicted molar refractivity (Wildman–Crippen MR) is 78.5 cm³/mol.